The highest BCUT2D eigenvalue weighted by Gasteiger charge is 2.21. The minimum Gasteiger partial charge on any atom is -0.455 e. The molecule has 0 aliphatic heterocycles. The largest absolute Gasteiger partial charge is 0.455 e. The summed E-state index contributed by atoms with van der Waals surface area (Å²) in [7, 11) is 0. The lowest BCUT2D eigenvalue weighted by Crippen LogP contribution is -1.97. The van der Waals surface area contributed by atoms with Gasteiger partial charge in [-0.1, -0.05) is 146 Å². The van der Waals surface area contributed by atoms with Crippen LogP contribution in [0.1, 0.15) is 0 Å². The van der Waals surface area contributed by atoms with E-state index in [9.17, 15) is 0 Å². The van der Waals surface area contributed by atoms with E-state index in [1.54, 1.807) is 0 Å². The number of para-hydroxylation sites is 1. The van der Waals surface area contributed by atoms with E-state index in [4.69, 9.17) is 14.4 Å². The number of nitrogens with zero attached hydrogens (tertiary/aromatic N) is 2. The van der Waals surface area contributed by atoms with E-state index in [2.05, 4.69) is 170 Å². The molecular weight excluding hydrogens is 701 g/mol. The summed E-state index contributed by atoms with van der Waals surface area (Å²) in [6.07, 6.45) is 0. The van der Waals surface area contributed by atoms with Crippen molar-refractivity contribution in [2.45, 2.75) is 0 Å². The molecule has 4 heteroatoms. The second-order valence-electron chi connectivity index (χ2n) is 14.1. The lowest BCUT2D eigenvalue weighted by Gasteiger charge is -2.14. The minimum atomic E-state index is 0.660. The maximum atomic E-state index is 6.82. The zero-order valence-electron chi connectivity index (χ0n) is 30.2. The summed E-state index contributed by atoms with van der Waals surface area (Å²) in [6.45, 7) is 0. The van der Waals surface area contributed by atoms with Gasteiger partial charge in [0.05, 0.1) is 11.4 Å². The molecule has 0 saturated carbocycles. The summed E-state index contributed by atoms with van der Waals surface area (Å²) in [5.41, 5.74) is 13.0. The third-order valence-corrected chi connectivity index (χ3v) is 11.8. The van der Waals surface area contributed by atoms with Gasteiger partial charge in [-0.3, -0.25) is 0 Å². The molecule has 0 spiro atoms. The molecule has 0 bridgehead atoms. The molecule has 0 fully saturated rings. The Morgan fingerprint density at radius 2 is 0.929 bits per heavy atom. The second kappa shape index (κ2) is 13.3. The molecule has 8 aromatic carbocycles. The molecule has 56 heavy (non-hydrogen) atoms. The standard InChI is InChI=1S/C52H32N2OS/c1-4-14-33(15-5-1)37-28-38(34-16-6-2-7-17-34)30-39(29-37)45-32-46(54-52(53-45)35-18-8-3-9-19-35)43-27-26-40(50-44-21-10-12-22-47(44)55-51(43)50)36-24-25-42-41-20-11-13-23-48(41)56-49(42)31-36/h1-32H. The van der Waals surface area contributed by atoms with Crippen molar-refractivity contribution >= 4 is 53.4 Å². The van der Waals surface area contributed by atoms with Crippen LogP contribution in [0.2, 0.25) is 0 Å². The summed E-state index contributed by atoms with van der Waals surface area (Å²) in [5, 5.41) is 4.74. The van der Waals surface area contributed by atoms with Gasteiger partial charge in [0.15, 0.2) is 5.82 Å². The van der Waals surface area contributed by atoms with Gasteiger partial charge in [0, 0.05) is 47.6 Å². The molecule has 0 unspecified atom stereocenters. The van der Waals surface area contributed by atoms with Crippen molar-refractivity contribution < 1.29 is 4.42 Å². The van der Waals surface area contributed by atoms with Crippen LogP contribution in [0.15, 0.2) is 199 Å². The maximum absolute atomic E-state index is 6.82. The maximum Gasteiger partial charge on any atom is 0.160 e. The normalized spacial score (nSPS) is 11.6. The van der Waals surface area contributed by atoms with Gasteiger partial charge in [-0.2, -0.15) is 0 Å². The first-order valence-corrected chi connectivity index (χ1v) is 19.6. The number of hydrogen-bond donors (Lipinski definition) is 0. The molecule has 3 aromatic heterocycles. The van der Waals surface area contributed by atoms with Crippen molar-refractivity contribution in [2.24, 2.45) is 0 Å². The van der Waals surface area contributed by atoms with Crippen LogP contribution >= 0.6 is 11.3 Å². The number of fused-ring (bicyclic) bond motifs is 6. The monoisotopic (exact) mass is 732 g/mol. The van der Waals surface area contributed by atoms with Crippen molar-refractivity contribution in [1.82, 2.24) is 9.97 Å². The van der Waals surface area contributed by atoms with Crippen LogP contribution in [0, 0.1) is 0 Å². The molecule has 0 saturated heterocycles. The van der Waals surface area contributed by atoms with Crippen LogP contribution in [0.25, 0.3) is 109 Å². The van der Waals surface area contributed by atoms with Gasteiger partial charge in [0.1, 0.15) is 11.2 Å². The zero-order valence-corrected chi connectivity index (χ0v) is 31.0. The van der Waals surface area contributed by atoms with Crippen LogP contribution in [0.5, 0.6) is 0 Å². The van der Waals surface area contributed by atoms with Crippen molar-refractivity contribution in [3.8, 4) is 67.3 Å². The van der Waals surface area contributed by atoms with Gasteiger partial charge in [-0.15, -0.1) is 11.3 Å². The SMILES string of the molecule is c1ccc(-c2cc(-c3ccccc3)cc(-c3cc(-c4ccc(-c5ccc6c(c5)sc5ccccc56)c5c4oc4ccccc45)nc(-c4ccccc4)n3)c2)cc1. The highest BCUT2D eigenvalue weighted by molar-refractivity contribution is 7.25. The molecule has 0 aliphatic rings. The predicted molar refractivity (Wildman–Crippen MR) is 235 cm³/mol. The van der Waals surface area contributed by atoms with Gasteiger partial charge < -0.3 is 4.42 Å². The first-order chi connectivity index (χ1) is 27.7. The van der Waals surface area contributed by atoms with Gasteiger partial charge in [-0.05, 0) is 81.9 Å². The van der Waals surface area contributed by atoms with Crippen LogP contribution in [-0.2, 0) is 0 Å². The molecule has 11 rings (SSSR count). The number of thiophene rings is 1. The fourth-order valence-corrected chi connectivity index (χ4v) is 9.13. The Hall–Kier alpha value is -7.14. The number of aromatic nitrogens is 2. The first-order valence-electron chi connectivity index (χ1n) is 18.8. The smallest absolute Gasteiger partial charge is 0.160 e. The van der Waals surface area contributed by atoms with Crippen LogP contribution in [-0.4, -0.2) is 9.97 Å². The van der Waals surface area contributed by atoms with Crippen molar-refractivity contribution in [3.05, 3.63) is 194 Å². The van der Waals surface area contributed by atoms with Crippen molar-refractivity contribution in [3.63, 3.8) is 0 Å². The van der Waals surface area contributed by atoms with E-state index >= 15 is 0 Å². The summed E-state index contributed by atoms with van der Waals surface area (Å²) in [4.78, 5) is 10.5. The molecule has 0 N–H and O–H groups in total. The molecular formula is C52H32N2OS. The molecule has 262 valence electrons. The van der Waals surface area contributed by atoms with Crippen LogP contribution in [0.4, 0.5) is 0 Å². The van der Waals surface area contributed by atoms with Gasteiger partial charge >= 0.3 is 0 Å². The van der Waals surface area contributed by atoms with E-state index in [1.165, 1.54) is 20.2 Å². The van der Waals surface area contributed by atoms with Crippen molar-refractivity contribution in [1.29, 1.82) is 0 Å². The van der Waals surface area contributed by atoms with E-state index in [1.807, 2.05) is 35.6 Å². The summed E-state index contributed by atoms with van der Waals surface area (Å²) >= 11 is 1.84. The molecule has 0 aliphatic carbocycles. The fraction of sp³-hybridized carbons (Fsp3) is 0. The van der Waals surface area contributed by atoms with Gasteiger partial charge in [-0.25, -0.2) is 9.97 Å². The quantitative estimate of drug-likeness (QED) is 0.171. The highest BCUT2D eigenvalue weighted by atomic mass is 32.1. The molecule has 0 atom stereocenters. The summed E-state index contributed by atoms with van der Waals surface area (Å²) < 4.78 is 9.39. The third kappa shape index (κ3) is 5.58. The van der Waals surface area contributed by atoms with E-state index in [0.717, 1.165) is 83.4 Å². The lowest BCUT2D eigenvalue weighted by molar-refractivity contribution is 0.670. The summed E-state index contributed by atoms with van der Waals surface area (Å²) in [5.74, 6) is 0.660. The number of rotatable bonds is 6. The Labute approximate surface area is 327 Å². The Balaban J connectivity index is 1.14. The topological polar surface area (TPSA) is 38.9 Å². The Morgan fingerprint density at radius 3 is 1.66 bits per heavy atom. The molecule has 3 nitrogen and oxygen atoms in total. The van der Waals surface area contributed by atoms with Gasteiger partial charge in [0.25, 0.3) is 0 Å². The van der Waals surface area contributed by atoms with E-state index in [-0.39, 0.29) is 0 Å². The zero-order chi connectivity index (χ0) is 37.0. The average molecular weight is 733 g/mol. The fourth-order valence-electron chi connectivity index (χ4n) is 7.98. The highest BCUT2D eigenvalue weighted by Crippen LogP contribution is 2.44. The van der Waals surface area contributed by atoms with Crippen LogP contribution in [0.3, 0.4) is 0 Å². The molecule has 0 radical (unpaired) electrons. The number of furan rings is 1. The predicted octanol–water partition coefficient (Wildman–Crippen LogP) is 14.7. The first kappa shape index (κ1) is 32.3. The van der Waals surface area contributed by atoms with Crippen LogP contribution < -0.4 is 0 Å². The second-order valence-corrected chi connectivity index (χ2v) is 15.2. The molecule has 11 aromatic rings. The van der Waals surface area contributed by atoms with E-state index in [0.29, 0.717) is 5.82 Å². The van der Waals surface area contributed by atoms with Crippen molar-refractivity contribution in [2.75, 3.05) is 0 Å². The number of hydrogen-bond acceptors (Lipinski definition) is 4. The minimum absolute atomic E-state index is 0.660. The average Bonchev–Trinajstić information content (AvgIpc) is 3.85. The third-order valence-electron chi connectivity index (χ3n) is 10.7. The summed E-state index contributed by atoms with van der Waals surface area (Å²) in [6, 6.07) is 68.4. The Kier molecular flexibility index (Phi) is 7.68. The Morgan fingerprint density at radius 1 is 0.357 bits per heavy atom. The molecule has 0 amide bonds. The lowest BCUT2D eigenvalue weighted by atomic mass is 9.93. The number of benzene rings is 8. The van der Waals surface area contributed by atoms with E-state index < -0.39 is 0 Å². The van der Waals surface area contributed by atoms with Gasteiger partial charge in [0.2, 0.25) is 0 Å². The Bertz CT molecular complexity index is 3180. The molecule has 3 heterocycles.